The van der Waals surface area contributed by atoms with E-state index in [0.29, 0.717) is 23.7 Å². The van der Waals surface area contributed by atoms with Gasteiger partial charge in [-0.3, -0.25) is 4.79 Å². The monoisotopic (exact) mass is 489 g/mol. The van der Waals surface area contributed by atoms with Crippen molar-refractivity contribution in [1.82, 2.24) is 9.03 Å². The van der Waals surface area contributed by atoms with Gasteiger partial charge >= 0.3 is 0 Å². The van der Waals surface area contributed by atoms with Crippen LogP contribution in [0.15, 0.2) is 39.4 Å². The zero-order valence-electron chi connectivity index (χ0n) is 16.5. The van der Waals surface area contributed by atoms with Gasteiger partial charge in [-0.1, -0.05) is 17.7 Å². The van der Waals surface area contributed by atoms with Gasteiger partial charge < -0.3 is 5.32 Å². The molecule has 1 aliphatic rings. The van der Waals surface area contributed by atoms with Gasteiger partial charge in [-0.2, -0.15) is 16.1 Å². The standard InChI is InChI=1S/C18H23N3O5S4/c1-13-3-5-15(6-4-13)29(23,24)19-12-17(22)20-16-11-18(28-14(16)2)30(25,26)21-7-9-27-10-8-21/h3-6,11,19H,7-10,12H2,1-2H3,(H,20,22). The molecule has 2 aromatic rings. The Labute approximate surface area is 185 Å². The number of thioether (sulfide) groups is 1. The molecule has 0 spiro atoms. The topological polar surface area (TPSA) is 113 Å². The number of aryl methyl sites for hydroxylation is 2. The number of amides is 1. The largest absolute Gasteiger partial charge is 0.324 e. The summed E-state index contributed by atoms with van der Waals surface area (Å²) in [7, 11) is -7.42. The number of nitrogens with one attached hydrogen (secondary N) is 2. The average Bonchev–Trinajstić information content (AvgIpc) is 3.08. The van der Waals surface area contributed by atoms with Crippen LogP contribution < -0.4 is 10.0 Å². The van der Waals surface area contributed by atoms with Crippen LogP contribution in [0.2, 0.25) is 0 Å². The molecule has 2 N–H and O–H groups in total. The third kappa shape index (κ3) is 5.42. The van der Waals surface area contributed by atoms with Gasteiger partial charge in [0.15, 0.2) is 0 Å². The van der Waals surface area contributed by atoms with Crippen molar-refractivity contribution in [3.8, 4) is 0 Å². The molecule has 164 valence electrons. The first-order chi connectivity index (χ1) is 14.1. The lowest BCUT2D eigenvalue weighted by molar-refractivity contribution is -0.115. The summed E-state index contributed by atoms with van der Waals surface area (Å²) in [6.45, 7) is 4.02. The molecule has 1 fully saturated rings. The quantitative estimate of drug-likeness (QED) is 0.615. The van der Waals surface area contributed by atoms with Crippen LogP contribution in [0, 0.1) is 13.8 Å². The summed E-state index contributed by atoms with van der Waals surface area (Å²) in [6, 6.07) is 7.71. The molecule has 0 unspecified atom stereocenters. The molecule has 1 aliphatic heterocycles. The number of benzene rings is 1. The van der Waals surface area contributed by atoms with E-state index in [9.17, 15) is 21.6 Å². The number of thiophene rings is 1. The first-order valence-corrected chi connectivity index (χ1v) is 14.0. The molecule has 0 aliphatic carbocycles. The Morgan fingerprint density at radius 3 is 2.33 bits per heavy atom. The fraction of sp³-hybridized carbons (Fsp3) is 0.389. The Bertz CT molecular complexity index is 1120. The molecule has 12 heteroatoms. The van der Waals surface area contributed by atoms with Crippen molar-refractivity contribution in [2.45, 2.75) is 23.0 Å². The summed E-state index contributed by atoms with van der Waals surface area (Å²) < 4.78 is 54.1. The number of carbonyl (C=O) groups excluding carboxylic acids is 1. The van der Waals surface area contributed by atoms with Crippen LogP contribution in [-0.2, 0) is 24.8 Å². The minimum absolute atomic E-state index is 0.0701. The van der Waals surface area contributed by atoms with Crippen LogP contribution in [0.4, 0.5) is 5.69 Å². The molecule has 2 heterocycles. The third-order valence-electron chi connectivity index (χ3n) is 4.49. The van der Waals surface area contributed by atoms with E-state index in [1.54, 1.807) is 30.8 Å². The molecule has 1 aromatic heterocycles. The first kappa shape index (κ1) is 23.2. The van der Waals surface area contributed by atoms with Gasteiger partial charge in [0, 0.05) is 29.5 Å². The van der Waals surface area contributed by atoms with Gasteiger partial charge in [0.05, 0.1) is 17.1 Å². The molecule has 3 rings (SSSR count). The number of sulfonamides is 2. The Morgan fingerprint density at radius 1 is 1.07 bits per heavy atom. The first-order valence-electron chi connectivity index (χ1n) is 9.14. The molecule has 0 saturated carbocycles. The SMILES string of the molecule is Cc1ccc(S(=O)(=O)NCC(=O)Nc2cc(S(=O)(=O)N3CCSCC3)sc2C)cc1. The van der Waals surface area contributed by atoms with Crippen molar-refractivity contribution in [3.63, 3.8) is 0 Å². The highest BCUT2D eigenvalue weighted by Crippen LogP contribution is 2.32. The molecule has 1 amide bonds. The molecular formula is C18H23N3O5S4. The summed E-state index contributed by atoms with van der Waals surface area (Å²) in [6.07, 6.45) is 0. The lowest BCUT2D eigenvalue weighted by atomic mass is 10.2. The van der Waals surface area contributed by atoms with Crippen molar-refractivity contribution in [3.05, 3.63) is 40.8 Å². The molecule has 1 aromatic carbocycles. The summed E-state index contributed by atoms with van der Waals surface area (Å²) in [5.74, 6) is 0.938. The smallest absolute Gasteiger partial charge is 0.252 e. The molecule has 0 atom stereocenters. The van der Waals surface area contributed by atoms with E-state index in [2.05, 4.69) is 10.0 Å². The molecule has 30 heavy (non-hydrogen) atoms. The van der Waals surface area contributed by atoms with E-state index < -0.39 is 32.5 Å². The van der Waals surface area contributed by atoms with Crippen LogP contribution in [0.25, 0.3) is 0 Å². The van der Waals surface area contributed by atoms with Gasteiger partial charge in [-0.15, -0.1) is 11.3 Å². The number of hydrogen-bond donors (Lipinski definition) is 2. The van der Waals surface area contributed by atoms with Gasteiger partial charge in [0.1, 0.15) is 4.21 Å². The van der Waals surface area contributed by atoms with Crippen LogP contribution in [0.5, 0.6) is 0 Å². The number of anilines is 1. The fourth-order valence-corrected chi connectivity index (χ4v) is 7.89. The lowest BCUT2D eigenvalue weighted by Gasteiger charge is -2.24. The van der Waals surface area contributed by atoms with Crippen molar-refractivity contribution in [2.24, 2.45) is 0 Å². The number of hydrogen-bond acceptors (Lipinski definition) is 7. The molecule has 1 saturated heterocycles. The highest BCUT2D eigenvalue weighted by Gasteiger charge is 2.28. The van der Waals surface area contributed by atoms with Crippen LogP contribution >= 0.6 is 23.1 Å². The highest BCUT2D eigenvalue weighted by atomic mass is 32.2. The summed E-state index contributed by atoms with van der Waals surface area (Å²) in [5.41, 5.74) is 1.29. The van der Waals surface area contributed by atoms with E-state index >= 15 is 0 Å². The van der Waals surface area contributed by atoms with Gasteiger partial charge in [-0.05, 0) is 32.0 Å². The predicted octanol–water partition coefficient (Wildman–Crippen LogP) is 2.02. The van der Waals surface area contributed by atoms with Gasteiger partial charge in [-0.25, -0.2) is 21.6 Å². The van der Waals surface area contributed by atoms with E-state index in [0.717, 1.165) is 28.4 Å². The van der Waals surface area contributed by atoms with E-state index in [1.165, 1.54) is 22.5 Å². The van der Waals surface area contributed by atoms with Crippen LogP contribution in [-0.4, -0.2) is 58.2 Å². The van der Waals surface area contributed by atoms with Crippen LogP contribution in [0.3, 0.4) is 0 Å². The Kier molecular flexibility index (Phi) is 7.25. The lowest BCUT2D eigenvalue weighted by Crippen LogP contribution is -2.37. The van der Waals surface area contributed by atoms with E-state index in [4.69, 9.17) is 0 Å². The van der Waals surface area contributed by atoms with E-state index in [1.807, 2.05) is 6.92 Å². The second-order valence-electron chi connectivity index (χ2n) is 6.74. The molecule has 8 nitrogen and oxygen atoms in total. The maximum absolute atomic E-state index is 12.8. The van der Waals surface area contributed by atoms with Gasteiger partial charge in [0.25, 0.3) is 10.0 Å². The molecular weight excluding hydrogens is 466 g/mol. The minimum atomic E-state index is -3.82. The number of nitrogens with zero attached hydrogens (tertiary/aromatic N) is 1. The summed E-state index contributed by atoms with van der Waals surface area (Å²) in [4.78, 5) is 13.0. The predicted molar refractivity (Wildman–Crippen MR) is 120 cm³/mol. The summed E-state index contributed by atoms with van der Waals surface area (Å²) >= 11 is 2.81. The highest BCUT2D eigenvalue weighted by molar-refractivity contribution is 7.99. The molecule has 0 bridgehead atoms. The van der Waals surface area contributed by atoms with Crippen molar-refractivity contribution in [2.75, 3.05) is 36.5 Å². The van der Waals surface area contributed by atoms with Crippen molar-refractivity contribution < 1.29 is 21.6 Å². The normalized spacial score (nSPS) is 15.8. The summed E-state index contributed by atoms with van der Waals surface area (Å²) in [5, 5.41) is 2.60. The second-order valence-corrected chi connectivity index (χ2v) is 13.2. The maximum Gasteiger partial charge on any atom is 0.252 e. The minimum Gasteiger partial charge on any atom is -0.324 e. The number of rotatable bonds is 7. The van der Waals surface area contributed by atoms with E-state index in [-0.39, 0.29) is 9.10 Å². The van der Waals surface area contributed by atoms with Gasteiger partial charge in [0.2, 0.25) is 15.9 Å². The van der Waals surface area contributed by atoms with Crippen LogP contribution in [0.1, 0.15) is 10.4 Å². The Hall–Kier alpha value is -1.44. The maximum atomic E-state index is 12.8. The van der Waals surface area contributed by atoms with Crippen molar-refractivity contribution in [1.29, 1.82) is 0 Å². The molecule has 0 radical (unpaired) electrons. The zero-order valence-corrected chi connectivity index (χ0v) is 19.8. The zero-order chi connectivity index (χ0) is 21.9. The van der Waals surface area contributed by atoms with Crippen molar-refractivity contribution >= 4 is 54.7 Å². The average molecular weight is 490 g/mol. The Balaban J connectivity index is 1.65. The number of carbonyl (C=O) groups is 1. The Morgan fingerprint density at radius 2 is 1.70 bits per heavy atom. The fourth-order valence-electron chi connectivity index (χ4n) is 2.78. The third-order valence-corrected chi connectivity index (χ3v) is 10.2. The second kappa shape index (κ2) is 9.37.